The van der Waals surface area contributed by atoms with E-state index < -0.39 is 18.0 Å². The molecule has 0 aliphatic carbocycles. The molecular formula is C12H24N2O3S. The SMILES string of the molecule is CC[C@@H](NC(=O)NCCCCCCSC)C(=O)O. The van der Waals surface area contributed by atoms with Crippen LogP contribution in [0.15, 0.2) is 0 Å². The van der Waals surface area contributed by atoms with E-state index in [2.05, 4.69) is 16.9 Å². The van der Waals surface area contributed by atoms with Crippen molar-refractivity contribution >= 4 is 23.8 Å². The van der Waals surface area contributed by atoms with E-state index in [9.17, 15) is 9.59 Å². The van der Waals surface area contributed by atoms with Gasteiger partial charge in [-0.05, 0) is 31.3 Å². The zero-order chi connectivity index (χ0) is 13.8. The Morgan fingerprint density at radius 1 is 1.22 bits per heavy atom. The summed E-state index contributed by atoms with van der Waals surface area (Å²) in [6, 6.07) is -1.19. The largest absolute Gasteiger partial charge is 0.480 e. The van der Waals surface area contributed by atoms with Crippen LogP contribution in [0.5, 0.6) is 0 Å². The minimum absolute atomic E-state index is 0.386. The second-order valence-electron chi connectivity index (χ2n) is 4.11. The average molecular weight is 276 g/mol. The Balaban J connectivity index is 3.50. The summed E-state index contributed by atoms with van der Waals surface area (Å²) in [6.45, 7) is 2.33. The molecule has 0 saturated heterocycles. The molecule has 106 valence electrons. The predicted molar refractivity (Wildman–Crippen MR) is 75.1 cm³/mol. The molecule has 0 aromatic rings. The van der Waals surface area contributed by atoms with Crippen molar-refractivity contribution in [2.24, 2.45) is 0 Å². The fraction of sp³-hybridized carbons (Fsp3) is 0.833. The number of urea groups is 1. The third-order valence-electron chi connectivity index (χ3n) is 2.57. The summed E-state index contributed by atoms with van der Waals surface area (Å²) in [7, 11) is 0. The average Bonchev–Trinajstić information content (AvgIpc) is 2.34. The van der Waals surface area contributed by atoms with Gasteiger partial charge in [0.05, 0.1) is 0 Å². The number of carboxylic acid groups (broad SMARTS) is 1. The maximum absolute atomic E-state index is 11.4. The molecule has 1 atom stereocenters. The molecule has 5 nitrogen and oxygen atoms in total. The first-order valence-electron chi connectivity index (χ1n) is 6.38. The number of nitrogens with one attached hydrogen (secondary N) is 2. The highest BCUT2D eigenvalue weighted by Crippen LogP contribution is 2.03. The minimum atomic E-state index is -0.996. The normalized spacial score (nSPS) is 11.9. The molecule has 18 heavy (non-hydrogen) atoms. The molecule has 0 spiro atoms. The standard InChI is InChI=1S/C12H24N2O3S/c1-3-10(11(15)16)14-12(17)13-8-6-4-5-7-9-18-2/h10H,3-9H2,1-2H3,(H,15,16)(H2,13,14,17)/t10-/m1/s1. The van der Waals surface area contributed by atoms with E-state index in [1.165, 1.54) is 18.6 Å². The molecule has 0 aliphatic rings. The number of carbonyl (C=O) groups is 2. The number of carboxylic acids is 1. The molecule has 0 unspecified atom stereocenters. The van der Waals surface area contributed by atoms with E-state index in [-0.39, 0.29) is 0 Å². The van der Waals surface area contributed by atoms with Crippen molar-refractivity contribution in [3.05, 3.63) is 0 Å². The van der Waals surface area contributed by atoms with Gasteiger partial charge < -0.3 is 15.7 Å². The number of hydrogen-bond acceptors (Lipinski definition) is 3. The lowest BCUT2D eigenvalue weighted by atomic mass is 10.2. The van der Waals surface area contributed by atoms with E-state index in [0.29, 0.717) is 13.0 Å². The van der Waals surface area contributed by atoms with Crippen molar-refractivity contribution in [1.29, 1.82) is 0 Å². The topological polar surface area (TPSA) is 78.4 Å². The number of amides is 2. The number of aliphatic carboxylic acids is 1. The molecule has 0 fully saturated rings. The highest BCUT2D eigenvalue weighted by Gasteiger charge is 2.16. The van der Waals surface area contributed by atoms with Gasteiger partial charge in [-0.2, -0.15) is 11.8 Å². The van der Waals surface area contributed by atoms with Crippen molar-refractivity contribution < 1.29 is 14.7 Å². The van der Waals surface area contributed by atoms with E-state index >= 15 is 0 Å². The quantitative estimate of drug-likeness (QED) is 0.534. The maximum Gasteiger partial charge on any atom is 0.326 e. The lowest BCUT2D eigenvalue weighted by molar-refractivity contribution is -0.139. The van der Waals surface area contributed by atoms with Crippen LogP contribution in [0.1, 0.15) is 39.0 Å². The summed E-state index contributed by atoms with van der Waals surface area (Å²) in [4.78, 5) is 22.1. The van der Waals surface area contributed by atoms with Gasteiger partial charge in [0, 0.05) is 6.54 Å². The molecular weight excluding hydrogens is 252 g/mol. The van der Waals surface area contributed by atoms with E-state index in [1.54, 1.807) is 6.92 Å². The second-order valence-corrected chi connectivity index (χ2v) is 5.09. The van der Waals surface area contributed by atoms with Crippen molar-refractivity contribution in [3.8, 4) is 0 Å². The van der Waals surface area contributed by atoms with Crippen molar-refractivity contribution in [3.63, 3.8) is 0 Å². The van der Waals surface area contributed by atoms with Gasteiger partial charge in [-0.25, -0.2) is 9.59 Å². The molecule has 0 aromatic carbocycles. The third-order valence-corrected chi connectivity index (χ3v) is 3.27. The summed E-state index contributed by atoms with van der Waals surface area (Å²) in [5.41, 5.74) is 0. The fourth-order valence-corrected chi connectivity index (χ4v) is 1.97. The van der Waals surface area contributed by atoms with Gasteiger partial charge in [-0.1, -0.05) is 19.8 Å². The van der Waals surface area contributed by atoms with E-state index in [1.807, 2.05) is 11.8 Å². The van der Waals surface area contributed by atoms with Crippen LogP contribution in [0.2, 0.25) is 0 Å². The number of hydrogen-bond donors (Lipinski definition) is 3. The van der Waals surface area contributed by atoms with Gasteiger partial charge >= 0.3 is 12.0 Å². The summed E-state index contributed by atoms with van der Waals surface area (Å²) in [6.07, 6.45) is 6.90. The lowest BCUT2D eigenvalue weighted by Gasteiger charge is -2.13. The first-order valence-corrected chi connectivity index (χ1v) is 7.77. The molecule has 0 radical (unpaired) electrons. The Morgan fingerprint density at radius 3 is 2.44 bits per heavy atom. The Morgan fingerprint density at radius 2 is 1.89 bits per heavy atom. The van der Waals surface area contributed by atoms with Crippen LogP contribution in [-0.4, -0.2) is 41.7 Å². The first-order chi connectivity index (χ1) is 8.61. The van der Waals surface area contributed by atoms with Gasteiger partial charge in [0.1, 0.15) is 6.04 Å². The van der Waals surface area contributed by atoms with Crippen molar-refractivity contribution in [1.82, 2.24) is 10.6 Å². The zero-order valence-electron chi connectivity index (χ0n) is 11.2. The number of unbranched alkanes of at least 4 members (excludes halogenated alkanes) is 3. The van der Waals surface area contributed by atoms with Crippen LogP contribution >= 0.6 is 11.8 Å². The zero-order valence-corrected chi connectivity index (χ0v) is 12.0. The van der Waals surface area contributed by atoms with Gasteiger partial charge in [-0.15, -0.1) is 0 Å². The Kier molecular flexibility index (Phi) is 10.6. The monoisotopic (exact) mass is 276 g/mol. The summed E-state index contributed by atoms with van der Waals surface area (Å²) >= 11 is 1.85. The Bertz CT molecular complexity index is 249. The smallest absolute Gasteiger partial charge is 0.326 e. The molecule has 0 saturated carbocycles. The van der Waals surface area contributed by atoms with Crippen LogP contribution < -0.4 is 10.6 Å². The molecule has 0 aromatic heterocycles. The molecule has 6 heteroatoms. The highest BCUT2D eigenvalue weighted by atomic mass is 32.2. The Labute approximate surface area is 113 Å². The lowest BCUT2D eigenvalue weighted by Crippen LogP contribution is -2.45. The fourth-order valence-electron chi connectivity index (χ4n) is 1.47. The number of carbonyl (C=O) groups excluding carboxylic acids is 1. The molecule has 0 rings (SSSR count). The van der Waals surface area contributed by atoms with Crippen LogP contribution in [-0.2, 0) is 4.79 Å². The van der Waals surface area contributed by atoms with E-state index in [0.717, 1.165) is 12.8 Å². The maximum atomic E-state index is 11.4. The summed E-state index contributed by atoms with van der Waals surface area (Å²) < 4.78 is 0. The molecule has 0 heterocycles. The Hall–Kier alpha value is -0.910. The van der Waals surface area contributed by atoms with Crippen LogP contribution in [0, 0.1) is 0 Å². The van der Waals surface area contributed by atoms with E-state index in [4.69, 9.17) is 5.11 Å². The molecule has 2 amide bonds. The third kappa shape index (κ3) is 9.15. The number of thioether (sulfide) groups is 1. The first kappa shape index (κ1) is 17.1. The molecule has 3 N–H and O–H groups in total. The van der Waals surface area contributed by atoms with Crippen LogP contribution in [0.25, 0.3) is 0 Å². The second kappa shape index (κ2) is 11.2. The highest BCUT2D eigenvalue weighted by molar-refractivity contribution is 7.98. The van der Waals surface area contributed by atoms with Gasteiger partial charge in [-0.3, -0.25) is 0 Å². The van der Waals surface area contributed by atoms with Gasteiger partial charge in [0.2, 0.25) is 0 Å². The summed E-state index contributed by atoms with van der Waals surface area (Å²) in [5.74, 6) is 0.190. The minimum Gasteiger partial charge on any atom is -0.480 e. The van der Waals surface area contributed by atoms with Gasteiger partial charge in [0.15, 0.2) is 0 Å². The van der Waals surface area contributed by atoms with Crippen LogP contribution in [0.4, 0.5) is 4.79 Å². The van der Waals surface area contributed by atoms with Gasteiger partial charge in [0.25, 0.3) is 0 Å². The summed E-state index contributed by atoms with van der Waals surface area (Å²) in [5, 5.41) is 13.9. The molecule has 0 aliphatic heterocycles. The van der Waals surface area contributed by atoms with Crippen LogP contribution in [0.3, 0.4) is 0 Å². The van der Waals surface area contributed by atoms with Crippen molar-refractivity contribution in [2.45, 2.75) is 45.1 Å². The number of rotatable bonds is 10. The van der Waals surface area contributed by atoms with Crippen molar-refractivity contribution in [2.75, 3.05) is 18.6 Å². The molecule has 0 bridgehead atoms. The predicted octanol–water partition coefficient (Wildman–Crippen LogP) is 2.07.